The summed E-state index contributed by atoms with van der Waals surface area (Å²) in [5.41, 5.74) is 0.584. The standard InChI is InChI=1S/C9H13NO3/c1-10(13)6-9(12)7-3-2-4-8(11)5-7/h2-5,9,11-13H,6H2,1H3/t9-/m0/s1. The van der Waals surface area contributed by atoms with E-state index in [1.54, 1.807) is 12.1 Å². The van der Waals surface area contributed by atoms with Gasteiger partial charge in [-0.05, 0) is 17.7 Å². The lowest BCUT2D eigenvalue weighted by Crippen LogP contribution is -2.20. The minimum atomic E-state index is -0.790. The SMILES string of the molecule is CN(O)C[C@H](O)c1cccc(O)c1. The molecular formula is C9H13NO3. The molecule has 0 aliphatic carbocycles. The van der Waals surface area contributed by atoms with Crippen LogP contribution in [0.15, 0.2) is 24.3 Å². The molecule has 0 fully saturated rings. The van der Waals surface area contributed by atoms with Crippen molar-refractivity contribution in [1.29, 1.82) is 0 Å². The fraction of sp³-hybridized carbons (Fsp3) is 0.333. The molecule has 3 N–H and O–H groups in total. The zero-order valence-corrected chi connectivity index (χ0v) is 7.38. The fourth-order valence-corrected chi connectivity index (χ4v) is 1.09. The van der Waals surface area contributed by atoms with Crippen molar-refractivity contribution >= 4 is 0 Å². The lowest BCUT2D eigenvalue weighted by atomic mass is 10.1. The first kappa shape index (κ1) is 9.98. The van der Waals surface area contributed by atoms with Gasteiger partial charge in [0.05, 0.1) is 12.6 Å². The van der Waals surface area contributed by atoms with Crippen molar-refractivity contribution < 1.29 is 15.4 Å². The molecule has 0 amide bonds. The molecule has 0 aliphatic heterocycles. The van der Waals surface area contributed by atoms with Gasteiger partial charge in [0.25, 0.3) is 0 Å². The molecule has 1 aromatic carbocycles. The third-order valence-corrected chi connectivity index (χ3v) is 1.69. The van der Waals surface area contributed by atoms with Crippen LogP contribution in [0.1, 0.15) is 11.7 Å². The van der Waals surface area contributed by atoms with Gasteiger partial charge in [0.2, 0.25) is 0 Å². The predicted molar refractivity (Wildman–Crippen MR) is 47.5 cm³/mol. The predicted octanol–water partition coefficient (Wildman–Crippen LogP) is 0.747. The third kappa shape index (κ3) is 3.02. The molecule has 4 heteroatoms. The number of benzene rings is 1. The second-order valence-electron chi connectivity index (χ2n) is 2.95. The highest BCUT2D eigenvalue weighted by molar-refractivity contribution is 5.28. The number of rotatable bonds is 3. The summed E-state index contributed by atoms with van der Waals surface area (Å²) in [6.45, 7) is 0.115. The van der Waals surface area contributed by atoms with Gasteiger partial charge in [-0.1, -0.05) is 12.1 Å². The number of hydrogen-bond acceptors (Lipinski definition) is 4. The highest BCUT2D eigenvalue weighted by Crippen LogP contribution is 2.18. The summed E-state index contributed by atoms with van der Waals surface area (Å²) in [6, 6.07) is 6.33. The number of likely N-dealkylation sites (N-methyl/N-ethyl adjacent to an activating group) is 1. The average molecular weight is 183 g/mol. The number of phenolic OH excluding ortho intramolecular Hbond substituents is 1. The summed E-state index contributed by atoms with van der Waals surface area (Å²) in [4.78, 5) is 0. The van der Waals surface area contributed by atoms with Gasteiger partial charge in [-0.15, -0.1) is 0 Å². The molecule has 1 rings (SSSR count). The van der Waals surface area contributed by atoms with Crippen molar-refractivity contribution in [1.82, 2.24) is 5.06 Å². The highest BCUT2D eigenvalue weighted by atomic mass is 16.5. The largest absolute Gasteiger partial charge is 0.508 e. The molecule has 0 saturated heterocycles. The number of nitrogens with zero attached hydrogens (tertiary/aromatic N) is 1. The van der Waals surface area contributed by atoms with E-state index in [1.807, 2.05) is 0 Å². The number of aliphatic hydroxyl groups is 1. The first-order valence-electron chi connectivity index (χ1n) is 3.96. The summed E-state index contributed by atoms with van der Waals surface area (Å²) >= 11 is 0. The maximum absolute atomic E-state index is 9.50. The number of aromatic hydroxyl groups is 1. The van der Waals surface area contributed by atoms with Crippen molar-refractivity contribution in [2.75, 3.05) is 13.6 Å². The summed E-state index contributed by atoms with van der Waals surface area (Å²) < 4.78 is 0. The Bertz CT molecular complexity index is 275. The number of hydrogen-bond donors (Lipinski definition) is 3. The molecule has 1 atom stereocenters. The van der Waals surface area contributed by atoms with E-state index in [0.717, 1.165) is 5.06 Å². The van der Waals surface area contributed by atoms with Gasteiger partial charge in [-0.2, -0.15) is 5.06 Å². The molecule has 0 spiro atoms. The van der Waals surface area contributed by atoms with Crippen LogP contribution in [0.5, 0.6) is 5.75 Å². The van der Waals surface area contributed by atoms with E-state index in [9.17, 15) is 5.11 Å². The Morgan fingerprint density at radius 1 is 1.46 bits per heavy atom. The van der Waals surface area contributed by atoms with E-state index in [2.05, 4.69) is 0 Å². The Morgan fingerprint density at radius 3 is 2.69 bits per heavy atom. The quantitative estimate of drug-likeness (QED) is 0.605. The van der Waals surface area contributed by atoms with Crippen LogP contribution in [-0.4, -0.2) is 34.1 Å². The lowest BCUT2D eigenvalue weighted by molar-refractivity contribution is -0.0906. The zero-order chi connectivity index (χ0) is 9.84. The molecule has 13 heavy (non-hydrogen) atoms. The normalized spacial score (nSPS) is 13.2. The van der Waals surface area contributed by atoms with Crippen molar-refractivity contribution in [3.63, 3.8) is 0 Å². The Kier molecular flexibility index (Phi) is 3.25. The second kappa shape index (κ2) is 4.23. The molecule has 0 aromatic heterocycles. The lowest BCUT2D eigenvalue weighted by Gasteiger charge is -2.14. The Morgan fingerprint density at radius 2 is 2.15 bits per heavy atom. The summed E-state index contributed by atoms with van der Waals surface area (Å²) in [5.74, 6) is 0.108. The van der Waals surface area contributed by atoms with Crippen LogP contribution >= 0.6 is 0 Å². The molecule has 0 aliphatic rings. The average Bonchev–Trinajstić information content (AvgIpc) is 2.03. The minimum Gasteiger partial charge on any atom is -0.508 e. The summed E-state index contributed by atoms with van der Waals surface area (Å²) in [5, 5.41) is 28.4. The Hall–Kier alpha value is -1.10. The molecule has 0 saturated carbocycles. The molecule has 4 nitrogen and oxygen atoms in total. The molecule has 72 valence electrons. The van der Waals surface area contributed by atoms with E-state index >= 15 is 0 Å². The molecule has 0 bridgehead atoms. The summed E-state index contributed by atoms with van der Waals surface area (Å²) in [6.07, 6.45) is -0.790. The highest BCUT2D eigenvalue weighted by Gasteiger charge is 2.09. The van der Waals surface area contributed by atoms with Gasteiger partial charge >= 0.3 is 0 Å². The van der Waals surface area contributed by atoms with Crippen molar-refractivity contribution in [3.8, 4) is 5.75 Å². The van der Waals surface area contributed by atoms with Crippen molar-refractivity contribution in [2.45, 2.75) is 6.10 Å². The van der Waals surface area contributed by atoms with Gasteiger partial charge in [-0.3, -0.25) is 0 Å². The second-order valence-corrected chi connectivity index (χ2v) is 2.95. The molecule has 1 aromatic rings. The molecule has 0 unspecified atom stereocenters. The van der Waals surface area contributed by atoms with E-state index < -0.39 is 6.10 Å². The number of hydroxylamine groups is 2. The first-order chi connectivity index (χ1) is 6.09. The summed E-state index contributed by atoms with van der Waals surface area (Å²) in [7, 11) is 1.45. The molecule has 0 heterocycles. The van der Waals surface area contributed by atoms with Crippen LogP contribution in [0.3, 0.4) is 0 Å². The van der Waals surface area contributed by atoms with E-state index in [0.29, 0.717) is 5.56 Å². The van der Waals surface area contributed by atoms with Crippen LogP contribution < -0.4 is 0 Å². The van der Waals surface area contributed by atoms with Gasteiger partial charge in [0, 0.05) is 7.05 Å². The van der Waals surface area contributed by atoms with Crippen LogP contribution in [0.4, 0.5) is 0 Å². The third-order valence-electron chi connectivity index (χ3n) is 1.69. The number of phenols is 1. The first-order valence-corrected chi connectivity index (χ1v) is 3.96. The van der Waals surface area contributed by atoms with Crippen LogP contribution in [0.2, 0.25) is 0 Å². The van der Waals surface area contributed by atoms with Crippen molar-refractivity contribution in [2.24, 2.45) is 0 Å². The Labute approximate surface area is 76.6 Å². The minimum absolute atomic E-state index is 0.108. The number of aliphatic hydroxyl groups excluding tert-OH is 1. The van der Waals surface area contributed by atoms with Crippen LogP contribution in [0, 0.1) is 0 Å². The van der Waals surface area contributed by atoms with E-state index in [4.69, 9.17) is 10.3 Å². The van der Waals surface area contributed by atoms with Crippen LogP contribution in [-0.2, 0) is 0 Å². The topological polar surface area (TPSA) is 63.9 Å². The monoisotopic (exact) mass is 183 g/mol. The van der Waals surface area contributed by atoms with Gasteiger partial charge in [0.1, 0.15) is 5.75 Å². The fourth-order valence-electron chi connectivity index (χ4n) is 1.09. The maximum Gasteiger partial charge on any atom is 0.115 e. The zero-order valence-electron chi connectivity index (χ0n) is 7.38. The van der Waals surface area contributed by atoms with Gasteiger partial charge in [0.15, 0.2) is 0 Å². The van der Waals surface area contributed by atoms with Gasteiger partial charge in [-0.25, -0.2) is 0 Å². The molecular weight excluding hydrogens is 170 g/mol. The van der Waals surface area contributed by atoms with E-state index in [1.165, 1.54) is 19.2 Å². The maximum atomic E-state index is 9.50. The smallest absolute Gasteiger partial charge is 0.115 e. The van der Waals surface area contributed by atoms with Crippen molar-refractivity contribution in [3.05, 3.63) is 29.8 Å². The van der Waals surface area contributed by atoms with E-state index in [-0.39, 0.29) is 12.3 Å². The van der Waals surface area contributed by atoms with Gasteiger partial charge < -0.3 is 15.4 Å². The molecule has 0 radical (unpaired) electrons. The Balaban J connectivity index is 2.71. The van der Waals surface area contributed by atoms with Crippen LogP contribution in [0.25, 0.3) is 0 Å².